The quantitative estimate of drug-likeness (QED) is 0.683. The van der Waals surface area contributed by atoms with Crippen molar-refractivity contribution in [3.8, 4) is 0 Å². The second-order valence-corrected chi connectivity index (χ2v) is 6.36. The van der Waals surface area contributed by atoms with Gasteiger partial charge in [0.1, 0.15) is 0 Å². The Labute approximate surface area is 105 Å². The van der Waals surface area contributed by atoms with E-state index >= 15 is 0 Å². The Morgan fingerprint density at radius 3 is 2.00 bits per heavy atom. The fourth-order valence-corrected chi connectivity index (χ4v) is 4.31. The van der Waals surface area contributed by atoms with Crippen molar-refractivity contribution >= 4 is 5.91 Å². The Morgan fingerprint density at radius 2 is 1.41 bits per heavy atom. The van der Waals surface area contributed by atoms with E-state index in [2.05, 4.69) is 4.90 Å². The highest BCUT2D eigenvalue weighted by Gasteiger charge is 2.40. The number of fused-ring (bicyclic) bond motifs is 1. The largest absolute Gasteiger partial charge is 0.342 e. The SMILES string of the molecule is O=C(C1CC2CCCCC2C1)N1CCCCC1. The minimum absolute atomic E-state index is 0.390. The summed E-state index contributed by atoms with van der Waals surface area (Å²) >= 11 is 0. The fraction of sp³-hybridized carbons (Fsp3) is 0.933. The molecule has 17 heavy (non-hydrogen) atoms. The van der Waals surface area contributed by atoms with Crippen molar-refractivity contribution in [2.24, 2.45) is 17.8 Å². The van der Waals surface area contributed by atoms with Crippen molar-refractivity contribution in [1.29, 1.82) is 0 Å². The van der Waals surface area contributed by atoms with Crippen LogP contribution in [0.2, 0.25) is 0 Å². The molecule has 0 aromatic rings. The van der Waals surface area contributed by atoms with Crippen LogP contribution < -0.4 is 0 Å². The molecule has 96 valence electrons. The van der Waals surface area contributed by atoms with Crippen LogP contribution in [-0.4, -0.2) is 23.9 Å². The van der Waals surface area contributed by atoms with E-state index in [1.165, 1.54) is 57.8 Å². The molecule has 2 aliphatic carbocycles. The van der Waals surface area contributed by atoms with Gasteiger partial charge in [0.2, 0.25) is 5.91 Å². The number of rotatable bonds is 1. The Morgan fingerprint density at radius 1 is 0.824 bits per heavy atom. The van der Waals surface area contributed by atoms with Crippen LogP contribution >= 0.6 is 0 Å². The average Bonchev–Trinajstić information content (AvgIpc) is 2.82. The van der Waals surface area contributed by atoms with Crippen LogP contribution in [0.1, 0.15) is 57.8 Å². The lowest BCUT2D eigenvalue weighted by Crippen LogP contribution is -2.39. The summed E-state index contributed by atoms with van der Waals surface area (Å²) in [6, 6.07) is 0. The molecule has 2 nitrogen and oxygen atoms in total. The first-order valence-corrected chi connectivity index (χ1v) is 7.63. The summed E-state index contributed by atoms with van der Waals surface area (Å²) < 4.78 is 0. The molecule has 0 aromatic heterocycles. The minimum atomic E-state index is 0.390. The predicted octanol–water partition coefficient (Wildman–Crippen LogP) is 3.22. The van der Waals surface area contributed by atoms with Gasteiger partial charge in [-0.2, -0.15) is 0 Å². The molecule has 2 unspecified atom stereocenters. The maximum Gasteiger partial charge on any atom is 0.225 e. The monoisotopic (exact) mass is 235 g/mol. The number of hydrogen-bond donors (Lipinski definition) is 0. The molecule has 1 saturated heterocycles. The number of amides is 1. The van der Waals surface area contributed by atoms with Gasteiger partial charge in [-0.15, -0.1) is 0 Å². The summed E-state index contributed by atoms with van der Waals surface area (Å²) in [5.41, 5.74) is 0. The third-order valence-corrected chi connectivity index (χ3v) is 5.26. The first kappa shape index (κ1) is 11.6. The van der Waals surface area contributed by atoms with Crippen molar-refractivity contribution in [1.82, 2.24) is 4.90 Å². The molecule has 3 fully saturated rings. The number of carbonyl (C=O) groups is 1. The highest BCUT2D eigenvalue weighted by molar-refractivity contribution is 5.79. The number of likely N-dealkylation sites (tertiary alicyclic amines) is 1. The van der Waals surface area contributed by atoms with Crippen LogP contribution in [-0.2, 0) is 4.79 Å². The molecule has 3 rings (SSSR count). The average molecular weight is 235 g/mol. The first-order valence-electron chi connectivity index (χ1n) is 7.63. The Balaban J connectivity index is 1.59. The van der Waals surface area contributed by atoms with Gasteiger partial charge >= 0.3 is 0 Å². The Hall–Kier alpha value is -0.530. The summed E-state index contributed by atoms with van der Waals surface area (Å²) in [6.07, 6.45) is 11.8. The van der Waals surface area contributed by atoms with Crippen molar-refractivity contribution in [2.75, 3.05) is 13.1 Å². The molecule has 0 aromatic carbocycles. The fourth-order valence-electron chi connectivity index (χ4n) is 4.31. The predicted molar refractivity (Wildman–Crippen MR) is 68.6 cm³/mol. The molecule has 2 atom stereocenters. The van der Waals surface area contributed by atoms with Crippen molar-refractivity contribution in [3.63, 3.8) is 0 Å². The van der Waals surface area contributed by atoms with Gasteiger partial charge in [0.25, 0.3) is 0 Å². The highest BCUT2D eigenvalue weighted by atomic mass is 16.2. The van der Waals surface area contributed by atoms with Gasteiger partial charge in [0.15, 0.2) is 0 Å². The van der Waals surface area contributed by atoms with E-state index in [1.807, 2.05) is 0 Å². The van der Waals surface area contributed by atoms with Gasteiger partial charge < -0.3 is 4.90 Å². The highest BCUT2D eigenvalue weighted by Crippen LogP contribution is 2.45. The molecule has 0 radical (unpaired) electrons. The third kappa shape index (κ3) is 2.36. The smallest absolute Gasteiger partial charge is 0.225 e. The van der Waals surface area contributed by atoms with Gasteiger partial charge in [-0.1, -0.05) is 25.7 Å². The molecular weight excluding hydrogens is 210 g/mol. The lowest BCUT2D eigenvalue weighted by atomic mass is 9.82. The van der Waals surface area contributed by atoms with Crippen LogP contribution in [0.4, 0.5) is 0 Å². The van der Waals surface area contributed by atoms with Crippen LogP contribution in [0.15, 0.2) is 0 Å². The zero-order valence-corrected chi connectivity index (χ0v) is 10.9. The normalized spacial score (nSPS) is 37.9. The van der Waals surface area contributed by atoms with Gasteiger partial charge in [-0.3, -0.25) is 4.79 Å². The van der Waals surface area contributed by atoms with Crippen LogP contribution in [0.25, 0.3) is 0 Å². The van der Waals surface area contributed by atoms with Crippen LogP contribution in [0.5, 0.6) is 0 Å². The van der Waals surface area contributed by atoms with E-state index < -0.39 is 0 Å². The molecular formula is C15H25NO. The minimum Gasteiger partial charge on any atom is -0.342 e. The second-order valence-electron chi connectivity index (χ2n) is 6.36. The summed E-state index contributed by atoms with van der Waals surface area (Å²) in [5, 5.41) is 0. The zero-order valence-electron chi connectivity index (χ0n) is 10.9. The van der Waals surface area contributed by atoms with Crippen LogP contribution in [0.3, 0.4) is 0 Å². The van der Waals surface area contributed by atoms with Crippen molar-refractivity contribution < 1.29 is 4.79 Å². The third-order valence-electron chi connectivity index (χ3n) is 5.26. The van der Waals surface area contributed by atoms with Gasteiger partial charge in [0.05, 0.1) is 0 Å². The Kier molecular flexibility index (Phi) is 3.39. The second kappa shape index (κ2) is 4.99. The molecule has 3 aliphatic rings. The van der Waals surface area contributed by atoms with Crippen LogP contribution in [0, 0.1) is 17.8 Å². The van der Waals surface area contributed by atoms with E-state index in [0.717, 1.165) is 24.9 Å². The van der Waals surface area contributed by atoms with E-state index in [4.69, 9.17) is 0 Å². The summed E-state index contributed by atoms with van der Waals surface area (Å²) in [4.78, 5) is 14.6. The van der Waals surface area contributed by atoms with Gasteiger partial charge in [-0.05, 0) is 43.9 Å². The van der Waals surface area contributed by atoms with E-state index in [0.29, 0.717) is 11.8 Å². The lowest BCUT2D eigenvalue weighted by Gasteiger charge is -2.29. The lowest BCUT2D eigenvalue weighted by molar-refractivity contribution is -0.136. The zero-order chi connectivity index (χ0) is 11.7. The van der Waals surface area contributed by atoms with Gasteiger partial charge in [0, 0.05) is 19.0 Å². The number of hydrogen-bond acceptors (Lipinski definition) is 1. The standard InChI is InChI=1S/C15H25NO/c17-15(16-8-4-1-5-9-16)14-10-12-6-2-3-7-13(12)11-14/h12-14H,1-11H2. The molecule has 0 spiro atoms. The first-order chi connectivity index (χ1) is 8.34. The molecule has 1 amide bonds. The Bertz CT molecular complexity index is 269. The van der Waals surface area contributed by atoms with Crippen molar-refractivity contribution in [2.45, 2.75) is 57.8 Å². The molecule has 1 aliphatic heterocycles. The number of nitrogens with zero attached hydrogens (tertiary/aromatic N) is 1. The van der Waals surface area contributed by atoms with E-state index in [-0.39, 0.29) is 0 Å². The van der Waals surface area contributed by atoms with Crippen molar-refractivity contribution in [3.05, 3.63) is 0 Å². The molecule has 1 heterocycles. The van der Waals surface area contributed by atoms with Gasteiger partial charge in [-0.25, -0.2) is 0 Å². The van der Waals surface area contributed by atoms with E-state index in [1.54, 1.807) is 0 Å². The summed E-state index contributed by atoms with van der Waals surface area (Å²) in [5.74, 6) is 2.67. The molecule has 2 saturated carbocycles. The summed E-state index contributed by atoms with van der Waals surface area (Å²) in [6.45, 7) is 2.06. The number of piperidine rings is 1. The number of carbonyl (C=O) groups excluding carboxylic acids is 1. The maximum atomic E-state index is 12.5. The molecule has 0 N–H and O–H groups in total. The maximum absolute atomic E-state index is 12.5. The topological polar surface area (TPSA) is 20.3 Å². The summed E-state index contributed by atoms with van der Waals surface area (Å²) in [7, 11) is 0. The molecule has 2 heteroatoms. The molecule has 0 bridgehead atoms. The van der Waals surface area contributed by atoms with E-state index in [9.17, 15) is 4.79 Å².